The number of rotatable bonds is 1. The first-order valence-electron chi connectivity index (χ1n) is 0.983. The molecule has 4 heavy (non-hydrogen) atoms. The zero-order valence-electron chi connectivity index (χ0n) is 2.82. The summed E-state index contributed by atoms with van der Waals surface area (Å²) in [7, 11) is 1.71. The van der Waals surface area contributed by atoms with Gasteiger partial charge in [-0.25, -0.2) is 0 Å². The third-order valence-electron chi connectivity index (χ3n) is 0.167. The Kier molecular flexibility index (Phi) is 3.90. The molecule has 0 saturated heterocycles. The van der Waals surface area contributed by atoms with Crippen LogP contribution in [0.5, 0.6) is 0 Å². The van der Waals surface area contributed by atoms with Gasteiger partial charge in [-0.05, 0) is 0 Å². The van der Waals surface area contributed by atoms with Crippen molar-refractivity contribution < 1.29 is 3.82 Å². The van der Waals surface area contributed by atoms with Crippen molar-refractivity contribution in [1.29, 1.82) is 0 Å². The van der Waals surface area contributed by atoms with Crippen LogP contribution in [0.3, 0.4) is 0 Å². The fourth-order valence-corrected chi connectivity index (χ4v) is 0. The molecular weight excluding hydrogens is 119 g/mol. The van der Waals surface area contributed by atoms with Gasteiger partial charge in [0, 0.05) is 0 Å². The topological polar surface area (TPSA) is 9.23 Å². The summed E-state index contributed by atoms with van der Waals surface area (Å²) in [5.74, 6) is 2.02. The van der Waals surface area contributed by atoms with Crippen molar-refractivity contribution >= 4 is 15.3 Å². The Morgan fingerprint density at radius 2 is 2.00 bits per heavy atom. The van der Waals surface area contributed by atoms with Gasteiger partial charge in [0.2, 0.25) is 0 Å². The van der Waals surface area contributed by atoms with Gasteiger partial charge in [-0.2, -0.15) is 0 Å². The van der Waals surface area contributed by atoms with Gasteiger partial charge in [0.1, 0.15) is 0 Å². The van der Waals surface area contributed by atoms with Crippen molar-refractivity contribution in [2.75, 3.05) is 7.11 Å². The van der Waals surface area contributed by atoms with E-state index in [-0.39, 0.29) is 0 Å². The molecule has 0 unspecified atom stereocenters. The zero-order valence-corrected chi connectivity index (χ0v) is 4.53. The first-order chi connectivity index (χ1) is 1.91. The normalized spacial score (nSPS) is 7.50. The molecule has 26 valence electrons. The van der Waals surface area contributed by atoms with Crippen LogP contribution in [0, 0.1) is 0 Å². The molecule has 0 aromatic rings. The third kappa shape index (κ3) is 2.48. The predicted molar refractivity (Wildman–Crippen MR) is 18.6 cm³/mol. The minimum absolute atomic E-state index is 0.417. The molecule has 0 radical (unpaired) electrons. The maximum atomic E-state index is 4.60. The second-order valence-corrected chi connectivity index (χ2v) is 1.73. The Morgan fingerprint density at radius 3 is 2.00 bits per heavy atom. The van der Waals surface area contributed by atoms with E-state index in [9.17, 15) is 0 Å². The van der Waals surface area contributed by atoms with Crippen molar-refractivity contribution in [3.63, 3.8) is 0 Å². The fourth-order valence-electron chi connectivity index (χ4n) is 0. The Labute approximate surface area is 32.8 Å². The molecule has 0 aliphatic rings. The van der Waals surface area contributed by atoms with Gasteiger partial charge in [0.25, 0.3) is 0 Å². The molecule has 0 atom stereocenters. The molecule has 1 nitrogen and oxygen atoms in total. The summed E-state index contributed by atoms with van der Waals surface area (Å²) in [5.41, 5.74) is 0. The average molecular weight is 125 g/mol. The van der Waals surface area contributed by atoms with Crippen LogP contribution in [-0.2, 0) is 3.82 Å². The minimum atomic E-state index is 0.417. The average Bonchev–Trinajstić information content (AvgIpc) is 1.37. The first-order valence-corrected chi connectivity index (χ1v) is 3.40. The quantitative estimate of drug-likeness (QED) is 0.458. The van der Waals surface area contributed by atoms with Gasteiger partial charge < -0.3 is 0 Å². The Hall–Kier alpha value is 0.479. The van der Waals surface area contributed by atoms with Gasteiger partial charge in [-0.3, -0.25) is 0 Å². The predicted octanol–water partition coefficient (Wildman–Crippen LogP) is 0.300. The van der Waals surface area contributed by atoms with Crippen molar-refractivity contribution in [2.45, 2.75) is 5.82 Å². The molecule has 0 heterocycles. The van der Waals surface area contributed by atoms with Crippen LogP contribution >= 0.6 is 0 Å². The van der Waals surface area contributed by atoms with Gasteiger partial charge >= 0.3 is 32.0 Å². The molecule has 2 heteroatoms. The molecular formula is C2H6OSe. The van der Waals surface area contributed by atoms with Crippen LogP contribution in [0.15, 0.2) is 0 Å². The molecule has 0 N–H and O–H groups in total. The summed E-state index contributed by atoms with van der Waals surface area (Å²) in [6.45, 7) is 0. The molecule has 0 rings (SSSR count). The van der Waals surface area contributed by atoms with Crippen LogP contribution in [0.25, 0.3) is 0 Å². The molecule has 0 saturated carbocycles. The molecule has 0 aliphatic carbocycles. The van der Waals surface area contributed by atoms with Crippen LogP contribution < -0.4 is 0 Å². The fraction of sp³-hybridized carbons (Fsp3) is 1.00. The van der Waals surface area contributed by atoms with E-state index < -0.39 is 0 Å². The molecule has 0 bridgehead atoms. The van der Waals surface area contributed by atoms with E-state index >= 15 is 0 Å². The van der Waals surface area contributed by atoms with Crippen LogP contribution in [0.2, 0.25) is 5.82 Å². The van der Waals surface area contributed by atoms with Crippen molar-refractivity contribution in [1.82, 2.24) is 0 Å². The Morgan fingerprint density at radius 1 is 1.75 bits per heavy atom. The van der Waals surface area contributed by atoms with E-state index in [0.717, 1.165) is 0 Å². The Balaban J connectivity index is 1.97. The van der Waals surface area contributed by atoms with Crippen molar-refractivity contribution in [3.8, 4) is 0 Å². The summed E-state index contributed by atoms with van der Waals surface area (Å²) in [5, 5.41) is 0. The van der Waals surface area contributed by atoms with E-state index in [1.54, 1.807) is 7.11 Å². The number of hydrogen-bond acceptors (Lipinski definition) is 1. The summed E-state index contributed by atoms with van der Waals surface area (Å²) in [6, 6.07) is 0. The SMILES string of the molecule is CO[Se]C. The van der Waals surface area contributed by atoms with Crippen LogP contribution in [-0.4, -0.2) is 22.4 Å². The molecule has 0 spiro atoms. The maximum absolute atomic E-state index is 4.60. The second kappa shape index (κ2) is 3.48. The summed E-state index contributed by atoms with van der Waals surface area (Å²) < 4.78 is 4.60. The van der Waals surface area contributed by atoms with E-state index in [1.807, 2.05) is 5.82 Å². The van der Waals surface area contributed by atoms with Crippen molar-refractivity contribution in [3.05, 3.63) is 0 Å². The van der Waals surface area contributed by atoms with Gasteiger partial charge in [-0.15, -0.1) is 0 Å². The zero-order chi connectivity index (χ0) is 3.41. The van der Waals surface area contributed by atoms with Crippen molar-refractivity contribution in [2.24, 2.45) is 0 Å². The van der Waals surface area contributed by atoms with E-state index in [0.29, 0.717) is 15.3 Å². The number of hydrogen-bond donors (Lipinski definition) is 0. The van der Waals surface area contributed by atoms with Gasteiger partial charge in [-0.1, -0.05) is 0 Å². The molecule has 0 fully saturated rings. The van der Waals surface area contributed by atoms with Gasteiger partial charge in [0.05, 0.1) is 0 Å². The standard InChI is InChI=1S/C2H6OSe/c1-3-4-2/h1-2H3. The molecule has 0 aromatic heterocycles. The van der Waals surface area contributed by atoms with E-state index in [1.165, 1.54) is 0 Å². The summed E-state index contributed by atoms with van der Waals surface area (Å²) in [6.07, 6.45) is 0. The second-order valence-electron chi connectivity index (χ2n) is 0.333. The van der Waals surface area contributed by atoms with Crippen LogP contribution in [0.1, 0.15) is 0 Å². The van der Waals surface area contributed by atoms with Crippen LogP contribution in [0.4, 0.5) is 0 Å². The molecule has 0 aliphatic heterocycles. The molecule has 0 aromatic carbocycles. The summed E-state index contributed by atoms with van der Waals surface area (Å²) in [4.78, 5) is 0. The Bertz CT molecular complexity index is 8.00. The van der Waals surface area contributed by atoms with E-state index in [2.05, 4.69) is 3.82 Å². The first kappa shape index (κ1) is 4.48. The molecule has 0 amide bonds. The third-order valence-corrected chi connectivity index (χ3v) is 0.866. The monoisotopic (exact) mass is 126 g/mol. The van der Waals surface area contributed by atoms with Gasteiger partial charge in [0.15, 0.2) is 0 Å². The van der Waals surface area contributed by atoms with E-state index in [4.69, 9.17) is 0 Å². The summed E-state index contributed by atoms with van der Waals surface area (Å²) >= 11 is 0.417.